The van der Waals surface area contributed by atoms with E-state index in [1.165, 1.54) is 0 Å². The van der Waals surface area contributed by atoms with E-state index in [0.29, 0.717) is 57.8 Å². The second kappa shape index (κ2) is 28.0. The van der Waals surface area contributed by atoms with E-state index in [-0.39, 0.29) is 0 Å². The highest BCUT2D eigenvalue weighted by atomic mass is 16.4. The molecule has 0 saturated heterocycles. The van der Waals surface area contributed by atoms with E-state index in [2.05, 4.69) is 20.8 Å². The first-order valence-corrected chi connectivity index (χ1v) is 20.9. The molecule has 0 radical (unpaired) electrons. The molecule has 0 spiro atoms. The van der Waals surface area contributed by atoms with Gasteiger partial charge in [0, 0.05) is 0 Å². The maximum atomic E-state index is 14.3. The number of hydrogen-bond acceptors (Lipinski definition) is 4. The lowest BCUT2D eigenvalue weighted by molar-refractivity contribution is -0.230. The zero-order chi connectivity index (χ0) is 37.1. The van der Waals surface area contributed by atoms with E-state index in [4.69, 9.17) is 0 Å². The summed E-state index contributed by atoms with van der Waals surface area (Å²) in [5, 5.41) is 47.2. The predicted molar refractivity (Wildman–Crippen MR) is 203 cm³/mol. The van der Waals surface area contributed by atoms with Gasteiger partial charge in [-0.25, -0.2) is 4.79 Å². The Kier molecular flexibility index (Phi) is 27.1. The van der Waals surface area contributed by atoms with Crippen LogP contribution in [0.2, 0.25) is 0 Å². The van der Waals surface area contributed by atoms with Gasteiger partial charge < -0.3 is 20.4 Å². The quantitative estimate of drug-likeness (QED) is 0.0485. The maximum Gasteiger partial charge on any atom is 0.337 e. The fourth-order valence-corrected chi connectivity index (χ4v) is 8.80. The Balaban J connectivity index is 7.72. The molecule has 0 aliphatic rings. The van der Waals surface area contributed by atoms with Crippen molar-refractivity contribution in [3.63, 3.8) is 0 Å². The van der Waals surface area contributed by atoms with Gasteiger partial charge >= 0.3 is 17.9 Å². The summed E-state index contributed by atoms with van der Waals surface area (Å²) < 4.78 is 0. The zero-order valence-corrected chi connectivity index (χ0v) is 32.9. The smallest absolute Gasteiger partial charge is 0.337 e. The fourth-order valence-electron chi connectivity index (χ4n) is 8.80. The summed E-state index contributed by atoms with van der Waals surface area (Å²) in [5.74, 6) is -8.01. The van der Waals surface area contributed by atoms with Crippen LogP contribution in [0.4, 0.5) is 0 Å². The van der Waals surface area contributed by atoms with Crippen LogP contribution in [0.3, 0.4) is 0 Å². The van der Waals surface area contributed by atoms with Crippen LogP contribution in [0, 0.1) is 29.1 Å². The summed E-state index contributed by atoms with van der Waals surface area (Å²) >= 11 is 0. The van der Waals surface area contributed by atoms with Gasteiger partial charge in [0.2, 0.25) is 0 Å². The highest BCUT2D eigenvalue weighted by Crippen LogP contribution is 2.57. The second-order valence-corrected chi connectivity index (χ2v) is 15.3. The molecule has 0 aromatic heterocycles. The monoisotopic (exact) mass is 697 g/mol. The Morgan fingerprint density at radius 1 is 0.429 bits per heavy atom. The molecule has 0 heterocycles. The van der Waals surface area contributed by atoms with Gasteiger partial charge in [-0.1, -0.05) is 176 Å². The molecule has 4 N–H and O–H groups in total. The van der Waals surface area contributed by atoms with Gasteiger partial charge in [0.25, 0.3) is 0 Å². The van der Waals surface area contributed by atoms with Crippen LogP contribution in [0.5, 0.6) is 0 Å². The number of unbranched alkanes of at least 4 members (excludes halogenated alkanes) is 15. The average molecular weight is 697 g/mol. The lowest BCUT2D eigenvalue weighted by atomic mass is 9.48. The molecule has 7 nitrogen and oxygen atoms in total. The number of aliphatic carboxylic acids is 3. The SMILES string of the molecule is CCCCCCCC(CCCC)C(C(=O)O)C(O)(C(=O)O)C(C(=O)O)(C(CCCC)CCCCCCC)C(CCCC)CCCCCCC. The summed E-state index contributed by atoms with van der Waals surface area (Å²) in [4.78, 5) is 41.8. The lowest BCUT2D eigenvalue weighted by Gasteiger charge is -2.54. The molecule has 7 heteroatoms. The van der Waals surface area contributed by atoms with E-state index in [9.17, 15) is 34.8 Å². The van der Waals surface area contributed by atoms with Gasteiger partial charge in [0.15, 0.2) is 5.60 Å². The Hall–Kier alpha value is -1.63. The highest BCUT2D eigenvalue weighted by molar-refractivity contribution is 5.94. The van der Waals surface area contributed by atoms with Crippen LogP contribution in [0.1, 0.15) is 215 Å². The number of carboxylic acids is 3. The van der Waals surface area contributed by atoms with Crippen molar-refractivity contribution in [2.24, 2.45) is 29.1 Å². The summed E-state index contributed by atoms with van der Waals surface area (Å²) in [7, 11) is 0. The number of hydrogen-bond donors (Lipinski definition) is 4. The minimum Gasteiger partial charge on any atom is -0.481 e. The molecular weight excluding hydrogens is 616 g/mol. The largest absolute Gasteiger partial charge is 0.481 e. The third kappa shape index (κ3) is 14.9. The predicted octanol–water partition coefficient (Wildman–Crippen LogP) is 12.1. The molecule has 0 aromatic rings. The molecule has 49 heavy (non-hydrogen) atoms. The summed E-state index contributed by atoms with van der Waals surface area (Å²) in [6, 6.07) is 0. The normalized spacial score (nSPS) is 16.7. The lowest BCUT2D eigenvalue weighted by Crippen LogP contribution is -2.70. The number of carboxylic acid groups (broad SMARTS) is 3. The molecule has 0 saturated carbocycles. The molecule has 0 aliphatic carbocycles. The molecule has 0 rings (SSSR count). The van der Waals surface area contributed by atoms with E-state index in [1.807, 2.05) is 20.8 Å². The fraction of sp³-hybridized carbons (Fsp3) is 0.929. The van der Waals surface area contributed by atoms with Crippen LogP contribution in [0.25, 0.3) is 0 Å². The van der Waals surface area contributed by atoms with Crippen molar-refractivity contribution in [2.45, 2.75) is 221 Å². The molecular formula is C42H80O7. The average Bonchev–Trinajstić information content (AvgIpc) is 3.06. The van der Waals surface area contributed by atoms with E-state index < -0.39 is 52.6 Å². The first kappa shape index (κ1) is 47.4. The van der Waals surface area contributed by atoms with Crippen LogP contribution >= 0.6 is 0 Å². The molecule has 0 bridgehead atoms. The van der Waals surface area contributed by atoms with Crippen LogP contribution in [-0.2, 0) is 14.4 Å². The molecule has 290 valence electrons. The van der Waals surface area contributed by atoms with Gasteiger partial charge in [-0.2, -0.15) is 0 Å². The molecule has 0 amide bonds. The minimum atomic E-state index is -2.96. The maximum absolute atomic E-state index is 14.3. The Labute approximate surface area is 301 Å². The van der Waals surface area contributed by atoms with Gasteiger partial charge in [0.05, 0.1) is 0 Å². The van der Waals surface area contributed by atoms with Crippen LogP contribution < -0.4 is 0 Å². The van der Waals surface area contributed by atoms with Crippen LogP contribution in [0.15, 0.2) is 0 Å². The summed E-state index contributed by atoms with van der Waals surface area (Å²) in [5.41, 5.74) is -5.09. The Bertz CT molecular complexity index is 832. The second-order valence-electron chi connectivity index (χ2n) is 15.3. The molecule has 5 unspecified atom stereocenters. The Morgan fingerprint density at radius 3 is 1.06 bits per heavy atom. The van der Waals surface area contributed by atoms with Crippen molar-refractivity contribution >= 4 is 17.9 Å². The van der Waals surface area contributed by atoms with Crippen molar-refractivity contribution in [3.05, 3.63) is 0 Å². The Morgan fingerprint density at radius 2 is 0.735 bits per heavy atom. The summed E-state index contributed by atoms with van der Waals surface area (Å²) in [6.45, 7) is 12.6. The van der Waals surface area contributed by atoms with Gasteiger partial charge in [-0.15, -0.1) is 0 Å². The van der Waals surface area contributed by atoms with Crippen molar-refractivity contribution < 1.29 is 34.8 Å². The van der Waals surface area contributed by atoms with E-state index in [1.54, 1.807) is 0 Å². The topological polar surface area (TPSA) is 132 Å². The van der Waals surface area contributed by atoms with E-state index >= 15 is 0 Å². The third-order valence-electron chi connectivity index (χ3n) is 11.5. The van der Waals surface area contributed by atoms with Gasteiger partial charge in [-0.05, 0) is 56.3 Å². The minimum absolute atomic E-state index is 0.458. The molecule has 5 atom stereocenters. The number of rotatable bonds is 35. The molecule has 0 fully saturated rings. The third-order valence-corrected chi connectivity index (χ3v) is 11.5. The first-order chi connectivity index (χ1) is 23.5. The zero-order valence-electron chi connectivity index (χ0n) is 32.9. The van der Waals surface area contributed by atoms with E-state index in [0.717, 1.165) is 116 Å². The highest BCUT2D eigenvalue weighted by Gasteiger charge is 2.72. The molecule has 0 aromatic carbocycles. The summed E-state index contributed by atoms with van der Waals surface area (Å²) in [6.07, 6.45) is 21.8. The number of carbonyl (C=O) groups is 3. The van der Waals surface area contributed by atoms with Crippen molar-refractivity contribution in [1.82, 2.24) is 0 Å². The number of aliphatic hydroxyl groups is 1. The first-order valence-electron chi connectivity index (χ1n) is 20.9. The van der Waals surface area contributed by atoms with Crippen molar-refractivity contribution in [2.75, 3.05) is 0 Å². The van der Waals surface area contributed by atoms with Crippen molar-refractivity contribution in [3.8, 4) is 0 Å². The van der Waals surface area contributed by atoms with Gasteiger partial charge in [0.1, 0.15) is 11.3 Å². The molecule has 0 aliphatic heterocycles. The standard InChI is InChI=1S/C42H80O7/c1-7-13-19-22-25-29-34(28-16-10-4)37(38(43)44)42(49,40(47)48)41(39(45)46,35(30-17-11-5)32-26-23-20-14-8-2)36(31-18-12-6)33-27-24-21-15-9-3/h34-37,49H,7-33H2,1-6H3,(H,43,44)(H,45,46)(H,47,48). The van der Waals surface area contributed by atoms with Crippen molar-refractivity contribution in [1.29, 1.82) is 0 Å². The van der Waals surface area contributed by atoms with Crippen LogP contribution in [-0.4, -0.2) is 43.9 Å². The van der Waals surface area contributed by atoms with Gasteiger partial charge in [-0.3, -0.25) is 9.59 Å².